The monoisotopic (exact) mass is 188 g/mol. The molecule has 0 fully saturated rings. The van der Waals surface area contributed by atoms with E-state index in [0.717, 1.165) is 26.2 Å². The summed E-state index contributed by atoms with van der Waals surface area (Å²) in [6, 6.07) is 0. The molecule has 13 heavy (non-hydrogen) atoms. The van der Waals surface area contributed by atoms with E-state index in [0.29, 0.717) is 0 Å². The van der Waals surface area contributed by atoms with Crippen molar-refractivity contribution >= 4 is 5.97 Å². The largest absolute Gasteiger partial charge is 0.481 e. The fourth-order valence-corrected chi connectivity index (χ4v) is 1.16. The first-order valence-corrected chi connectivity index (χ1v) is 4.83. The normalized spacial score (nSPS) is 10.7. The van der Waals surface area contributed by atoms with E-state index < -0.39 is 5.97 Å². The summed E-state index contributed by atoms with van der Waals surface area (Å²) < 4.78 is 0. The van der Waals surface area contributed by atoms with Gasteiger partial charge < -0.3 is 15.7 Å². The van der Waals surface area contributed by atoms with E-state index in [1.165, 1.54) is 0 Å². The van der Waals surface area contributed by atoms with Gasteiger partial charge in [0.05, 0.1) is 6.42 Å². The number of hydrogen-bond acceptors (Lipinski definition) is 3. The van der Waals surface area contributed by atoms with Gasteiger partial charge in [0, 0.05) is 0 Å². The van der Waals surface area contributed by atoms with E-state index in [-0.39, 0.29) is 12.3 Å². The maximum Gasteiger partial charge on any atom is 0.303 e. The molecule has 4 nitrogen and oxygen atoms in total. The smallest absolute Gasteiger partial charge is 0.303 e. The summed E-state index contributed by atoms with van der Waals surface area (Å²) in [6.07, 6.45) is 0.236. The maximum absolute atomic E-state index is 10.5. The molecule has 0 rings (SSSR count). The number of carboxylic acids is 1. The van der Waals surface area contributed by atoms with Gasteiger partial charge in [0.2, 0.25) is 0 Å². The molecule has 0 heterocycles. The highest BCUT2D eigenvalue weighted by Gasteiger charge is 2.11. The first kappa shape index (κ1) is 12.4. The minimum atomic E-state index is -0.721. The summed E-state index contributed by atoms with van der Waals surface area (Å²) in [7, 11) is 0. The number of hydrogen-bond donors (Lipinski definition) is 3. The Morgan fingerprint density at radius 2 is 1.69 bits per heavy atom. The molecule has 0 aromatic carbocycles. The van der Waals surface area contributed by atoms with Crippen LogP contribution < -0.4 is 10.6 Å². The summed E-state index contributed by atoms with van der Waals surface area (Å²) in [5.74, 6) is -0.529. The summed E-state index contributed by atoms with van der Waals surface area (Å²) in [4.78, 5) is 10.5. The SMILES string of the molecule is CCNCC(CNCC)CC(=O)O. The third kappa shape index (κ3) is 7.74. The van der Waals surface area contributed by atoms with Crippen molar-refractivity contribution in [1.82, 2.24) is 10.6 Å². The van der Waals surface area contributed by atoms with Crippen LogP contribution in [0.2, 0.25) is 0 Å². The second-order valence-corrected chi connectivity index (χ2v) is 3.08. The number of rotatable bonds is 8. The van der Waals surface area contributed by atoms with Gasteiger partial charge in [0.15, 0.2) is 0 Å². The number of carboxylic acid groups (broad SMARTS) is 1. The van der Waals surface area contributed by atoms with Crippen molar-refractivity contribution in [2.24, 2.45) is 5.92 Å². The Labute approximate surface area is 79.7 Å². The zero-order valence-electron chi connectivity index (χ0n) is 8.47. The molecule has 0 saturated heterocycles. The van der Waals surface area contributed by atoms with E-state index >= 15 is 0 Å². The second kappa shape index (κ2) is 8.01. The van der Waals surface area contributed by atoms with Crippen molar-refractivity contribution in [2.45, 2.75) is 20.3 Å². The standard InChI is InChI=1S/C9H20N2O2/c1-3-10-6-8(5-9(12)13)7-11-4-2/h8,10-11H,3-7H2,1-2H3,(H,12,13). The van der Waals surface area contributed by atoms with Gasteiger partial charge in [-0.05, 0) is 32.1 Å². The van der Waals surface area contributed by atoms with Crippen LogP contribution in [0.15, 0.2) is 0 Å². The Hall–Kier alpha value is -0.610. The minimum Gasteiger partial charge on any atom is -0.481 e. The van der Waals surface area contributed by atoms with Crippen LogP contribution in [0.5, 0.6) is 0 Å². The first-order valence-electron chi connectivity index (χ1n) is 4.83. The van der Waals surface area contributed by atoms with Gasteiger partial charge in [-0.1, -0.05) is 13.8 Å². The van der Waals surface area contributed by atoms with Crippen LogP contribution in [0.25, 0.3) is 0 Å². The Morgan fingerprint density at radius 1 is 1.23 bits per heavy atom. The van der Waals surface area contributed by atoms with Crippen molar-refractivity contribution in [3.05, 3.63) is 0 Å². The Morgan fingerprint density at radius 3 is 2.00 bits per heavy atom. The fraction of sp³-hybridized carbons (Fsp3) is 0.889. The molecule has 0 aliphatic rings. The second-order valence-electron chi connectivity index (χ2n) is 3.08. The fourth-order valence-electron chi connectivity index (χ4n) is 1.16. The molecule has 0 aromatic rings. The van der Waals surface area contributed by atoms with E-state index in [4.69, 9.17) is 5.11 Å². The highest BCUT2D eigenvalue weighted by molar-refractivity contribution is 5.67. The van der Waals surface area contributed by atoms with Crippen LogP contribution in [0.1, 0.15) is 20.3 Å². The first-order chi connectivity index (χ1) is 6.20. The van der Waals surface area contributed by atoms with Crippen LogP contribution >= 0.6 is 0 Å². The van der Waals surface area contributed by atoms with Crippen molar-refractivity contribution in [3.63, 3.8) is 0 Å². The highest BCUT2D eigenvalue weighted by Crippen LogP contribution is 1.99. The van der Waals surface area contributed by atoms with Crippen LogP contribution in [-0.2, 0) is 4.79 Å². The van der Waals surface area contributed by atoms with Crippen LogP contribution in [0, 0.1) is 5.92 Å². The molecule has 0 unspecified atom stereocenters. The van der Waals surface area contributed by atoms with Gasteiger partial charge in [0.1, 0.15) is 0 Å². The van der Waals surface area contributed by atoms with Crippen LogP contribution in [-0.4, -0.2) is 37.3 Å². The zero-order chi connectivity index (χ0) is 10.1. The molecule has 0 aliphatic heterocycles. The molecule has 0 bridgehead atoms. The van der Waals surface area contributed by atoms with Crippen molar-refractivity contribution in [1.29, 1.82) is 0 Å². The molecule has 3 N–H and O–H groups in total. The molecule has 0 aromatic heterocycles. The van der Waals surface area contributed by atoms with Crippen LogP contribution in [0.3, 0.4) is 0 Å². The van der Waals surface area contributed by atoms with Gasteiger partial charge in [-0.25, -0.2) is 0 Å². The lowest BCUT2D eigenvalue weighted by Gasteiger charge is -2.15. The predicted octanol–water partition coefficient (Wildman–Crippen LogP) is 0.296. The zero-order valence-corrected chi connectivity index (χ0v) is 8.47. The average Bonchev–Trinajstić information content (AvgIpc) is 2.09. The van der Waals surface area contributed by atoms with E-state index in [2.05, 4.69) is 10.6 Å². The topological polar surface area (TPSA) is 61.4 Å². The van der Waals surface area contributed by atoms with Gasteiger partial charge in [-0.15, -0.1) is 0 Å². The summed E-state index contributed by atoms with van der Waals surface area (Å²) >= 11 is 0. The predicted molar refractivity (Wildman–Crippen MR) is 52.8 cm³/mol. The minimum absolute atomic E-state index is 0.192. The van der Waals surface area contributed by atoms with Crippen molar-refractivity contribution in [3.8, 4) is 0 Å². The molecule has 0 radical (unpaired) electrons. The molecule has 0 spiro atoms. The Kier molecular flexibility index (Phi) is 7.63. The molecule has 0 saturated carbocycles. The van der Waals surface area contributed by atoms with Crippen molar-refractivity contribution in [2.75, 3.05) is 26.2 Å². The van der Waals surface area contributed by atoms with Gasteiger partial charge >= 0.3 is 5.97 Å². The number of carbonyl (C=O) groups is 1. The Balaban J connectivity index is 3.66. The molecule has 78 valence electrons. The van der Waals surface area contributed by atoms with E-state index in [1.54, 1.807) is 0 Å². The summed E-state index contributed by atoms with van der Waals surface area (Å²) in [6.45, 7) is 7.37. The maximum atomic E-state index is 10.5. The average molecular weight is 188 g/mol. The van der Waals surface area contributed by atoms with Gasteiger partial charge in [-0.2, -0.15) is 0 Å². The van der Waals surface area contributed by atoms with Gasteiger partial charge in [0.25, 0.3) is 0 Å². The summed E-state index contributed by atoms with van der Waals surface area (Å²) in [5.41, 5.74) is 0. The van der Waals surface area contributed by atoms with Crippen molar-refractivity contribution < 1.29 is 9.90 Å². The van der Waals surface area contributed by atoms with E-state index in [1.807, 2.05) is 13.8 Å². The number of nitrogens with one attached hydrogen (secondary N) is 2. The molecule has 0 amide bonds. The molecular formula is C9H20N2O2. The molecule has 4 heteroatoms. The molecule has 0 aliphatic carbocycles. The molecule has 0 atom stereocenters. The lowest BCUT2D eigenvalue weighted by Crippen LogP contribution is -2.32. The number of aliphatic carboxylic acids is 1. The lowest BCUT2D eigenvalue weighted by molar-refractivity contribution is -0.138. The highest BCUT2D eigenvalue weighted by atomic mass is 16.4. The lowest BCUT2D eigenvalue weighted by atomic mass is 10.1. The van der Waals surface area contributed by atoms with Gasteiger partial charge in [-0.3, -0.25) is 4.79 Å². The third-order valence-corrected chi connectivity index (χ3v) is 1.83. The quantitative estimate of drug-likeness (QED) is 0.512. The third-order valence-electron chi connectivity index (χ3n) is 1.83. The molecular weight excluding hydrogens is 168 g/mol. The van der Waals surface area contributed by atoms with Crippen LogP contribution in [0.4, 0.5) is 0 Å². The van der Waals surface area contributed by atoms with E-state index in [9.17, 15) is 4.79 Å². The Bertz CT molecular complexity index is 132. The summed E-state index contributed by atoms with van der Waals surface area (Å²) in [5, 5.41) is 14.9.